The Hall–Kier alpha value is -3.18. The van der Waals surface area contributed by atoms with E-state index in [2.05, 4.69) is 31.4 Å². The summed E-state index contributed by atoms with van der Waals surface area (Å²) in [5.74, 6) is 1.18. The lowest BCUT2D eigenvalue weighted by Crippen LogP contribution is -2.24. The largest absolute Gasteiger partial charge is 0.465 e. The van der Waals surface area contributed by atoms with Crippen molar-refractivity contribution in [3.05, 3.63) is 18.5 Å². The van der Waals surface area contributed by atoms with Crippen LogP contribution in [0.2, 0.25) is 0 Å². The van der Waals surface area contributed by atoms with Gasteiger partial charge in [-0.1, -0.05) is 41.5 Å². The zero-order chi connectivity index (χ0) is 23.9. The first-order valence-electron chi connectivity index (χ1n) is 9.37. The molecule has 0 unspecified atom stereocenters. The quantitative estimate of drug-likeness (QED) is 0.392. The van der Waals surface area contributed by atoms with Crippen molar-refractivity contribution in [1.29, 1.82) is 0 Å². The lowest BCUT2D eigenvalue weighted by atomic mass is 10.2. The molecule has 0 saturated carbocycles. The average Bonchev–Trinajstić information content (AvgIpc) is 2.66. The Morgan fingerprint density at radius 2 is 0.933 bits per heavy atom. The molecule has 0 saturated heterocycles. The minimum Gasteiger partial charge on any atom is -0.465 e. The van der Waals surface area contributed by atoms with Gasteiger partial charge in [0, 0.05) is 19.6 Å². The summed E-state index contributed by atoms with van der Waals surface area (Å²) in [6, 6.07) is 1.72. The van der Waals surface area contributed by atoms with Gasteiger partial charge < -0.3 is 31.3 Å². The van der Waals surface area contributed by atoms with Gasteiger partial charge in [-0.15, -0.1) is 10.2 Å². The fourth-order valence-electron chi connectivity index (χ4n) is 1.08. The monoisotopic (exact) mass is 432 g/mol. The zero-order valence-corrected chi connectivity index (χ0v) is 18.5. The summed E-state index contributed by atoms with van der Waals surface area (Å²) < 4.78 is 0. The SMILES string of the molecule is CC(C)CNC(=O)O.CC(C)CNC(=O)O.CC(C)CNC(=O)O.c1cnnnc1. The number of carboxylic acid groups (broad SMARTS) is 3. The third-order valence-electron chi connectivity index (χ3n) is 2.39. The molecule has 0 aliphatic carbocycles. The second-order valence-corrected chi connectivity index (χ2v) is 7.05. The van der Waals surface area contributed by atoms with E-state index in [0.717, 1.165) is 0 Å². The Bertz CT molecular complexity index is 464. The van der Waals surface area contributed by atoms with Crippen molar-refractivity contribution in [2.45, 2.75) is 41.5 Å². The molecule has 12 heteroatoms. The van der Waals surface area contributed by atoms with Crippen molar-refractivity contribution in [2.75, 3.05) is 19.6 Å². The molecule has 6 N–H and O–H groups in total. The van der Waals surface area contributed by atoms with E-state index >= 15 is 0 Å². The van der Waals surface area contributed by atoms with Gasteiger partial charge in [0.2, 0.25) is 0 Å². The Balaban J connectivity index is -0.000000325. The van der Waals surface area contributed by atoms with Gasteiger partial charge in [-0.25, -0.2) is 14.4 Å². The topological polar surface area (TPSA) is 187 Å². The summed E-state index contributed by atoms with van der Waals surface area (Å²) in [6.45, 7) is 13.3. The summed E-state index contributed by atoms with van der Waals surface area (Å²) in [6.07, 6.45) is 0.316. The molecule has 1 aromatic heterocycles. The van der Waals surface area contributed by atoms with Crippen molar-refractivity contribution in [1.82, 2.24) is 31.4 Å². The molecule has 0 fully saturated rings. The van der Waals surface area contributed by atoms with Gasteiger partial charge in [0.1, 0.15) is 0 Å². The van der Waals surface area contributed by atoms with E-state index in [1.807, 2.05) is 41.5 Å². The van der Waals surface area contributed by atoms with E-state index in [1.54, 1.807) is 18.5 Å². The highest BCUT2D eigenvalue weighted by Gasteiger charge is 1.96. The van der Waals surface area contributed by atoms with E-state index < -0.39 is 18.3 Å². The molecule has 0 bridgehead atoms. The molecule has 0 spiro atoms. The molecule has 30 heavy (non-hydrogen) atoms. The highest BCUT2D eigenvalue weighted by Crippen LogP contribution is 1.86. The van der Waals surface area contributed by atoms with Crippen LogP contribution in [0, 0.1) is 17.8 Å². The second kappa shape index (κ2) is 22.1. The van der Waals surface area contributed by atoms with Gasteiger partial charge in [0.15, 0.2) is 0 Å². The molecule has 3 amide bonds. The van der Waals surface area contributed by atoms with E-state index in [4.69, 9.17) is 15.3 Å². The maximum Gasteiger partial charge on any atom is 0.404 e. The van der Waals surface area contributed by atoms with Crippen molar-refractivity contribution in [3.63, 3.8) is 0 Å². The van der Waals surface area contributed by atoms with Crippen LogP contribution in [-0.4, -0.2) is 68.6 Å². The average molecular weight is 433 g/mol. The molecule has 0 atom stereocenters. The van der Waals surface area contributed by atoms with Gasteiger partial charge >= 0.3 is 18.3 Å². The van der Waals surface area contributed by atoms with Gasteiger partial charge in [0.05, 0.1) is 12.4 Å². The van der Waals surface area contributed by atoms with Crippen molar-refractivity contribution >= 4 is 18.3 Å². The number of aromatic nitrogens is 3. The Morgan fingerprint density at radius 3 is 1.00 bits per heavy atom. The Morgan fingerprint density at radius 1 is 0.667 bits per heavy atom. The van der Waals surface area contributed by atoms with Crippen LogP contribution in [0.5, 0.6) is 0 Å². The lowest BCUT2D eigenvalue weighted by molar-refractivity contribution is 0.192. The van der Waals surface area contributed by atoms with Crippen LogP contribution >= 0.6 is 0 Å². The van der Waals surface area contributed by atoms with Gasteiger partial charge in [0.25, 0.3) is 0 Å². The van der Waals surface area contributed by atoms with E-state index in [1.165, 1.54) is 0 Å². The van der Waals surface area contributed by atoms with Crippen molar-refractivity contribution in [2.24, 2.45) is 17.8 Å². The second-order valence-electron chi connectivity index (χ2n) is 7.05. The number of amides is 3. The number of nitrogens with one attached hydrogen (secondary N) is 3. The lowest BCUT2D eigenvalue weighted by Gasteiger charge is -2.01. The van der Waals surface area contributed by atoms with Crippen molar-refractivity contribution < 1.29 is 29.7 Å². The zero-order valence-electron chi connectivity index (χ0n) is 18.5. The smallest absolute Gasteiger partial charge is 0.404 e. The molecule has 0 aromatic carbocycles. The first kappa shape index (κ1) is 31.5. The van der Waals surface area contributed by atoms with E-state index in [0.29, 0.717) is 37.4 Å². The van der Waals surface area contributed by atoms with Crippen LogP contribution in [0.25, 0.3) is 0 Å². The third-order valence-corrected chi connectivity index (χ3v) is 2.39. The summed E-state index contributed by atoms with van der Waals surface area (Å²) in [5, 5.41) is 41.1. The molecule has 1 aromatic rings. The first-order chi connectivity index (χ1) is 13.9. The molecule has 12 nitrogen and oxygen atoms in total. The number of carbonyl (C=O) groups is 3. The maximum absolute atomic E-state index is 9.79. The minimum atomic E-state index is -0.946. The summed E-state index contributed by atoms with van der Waals surface area (Å²) >= 11 is 0. The predicted molar refractivity (Wildman–Crippen MR) is 112 cm³/mol. The molecule has 1 heterocycles. The van der Waals surface area contributed by atoms with Gasteiger partial charge in [-0.3, -0.25) is 0 Å². The summed E-state index contributed by atoms with van der Waals surface area (Å²) in [5.41, 5.74) is 0. The minimum absolute atomic E-state index is 0.395. The molecule has 0 radical (unpaired) electrons. The highest BCUT2D eigenvalue weighted by atomic mass is 16.4. The Labute approximate surface area is 177 Å². The van der Waals surface area contributed by atoms with E-state index in [-0.39, 0.29) is 0 Å². The van der Waals surface area contributed by atoms with Crippen LogP contribution < -0.4 is 16.0 Å². The standard InChI is InChI=1S/3C5H11NO2.C3H3N3/c3*1-4(2)3-6-5(7)8;1-2-4-6-5-3-1/h3*4,6H,3H2,1-2H3,(H,7,8);1-3H. The van der Waals surface area contributed by atoms with Gasteiger partial charge in [-0.05, 0) is 29.0 Å². The summed E-state index contributed by atoms with van der Waals surface area (Å²) in [4.78, 5) is 29.4. The number of rotatable bonds is 6. The molecule has 174 valence electrons. The van der Waals surface area contributed by atoms with Crippen LogP contribution in [0.3, 0.4) is 0 Å². The molecule has 0 aliphatic rings. The first-order valence-corrected chi connectivity index (χ1v) is 9.37. The molecular weight excluding hydrogens is 396 g/mol. The molecule has 0 aliphatic heterocycles. The van der Waals surface area contributed by atoms with Crippen molar-refractivity contribution in [3.8, 4) is 0 Å². The predicted octanol–water partition coefficient (Wildman–Crippen LogP) is 2.60. The fourth-order valence-corrected chi connectivity index (χ4v) is 1.08. The van der Waals surface area contributed by atoms with Crippen LogP contribution in [-0.2, 0) is 0 Å². The Kier molecular flexibility index (Phi) is 23.2. The molecule has 1 rings (SSSR count). The highest BCUT2D eigenvalue weighted by molar-refractivity contribution is 5.64. The van der Waals surface area contributed by atoms with Crippen LogP contribution in [0.1, 0.15) is 41.5 Å². The van der Waals surface area contributed by atoms with Crippen LogP contribution in [0.15, 0.2) is 18.5 Å². The molecular formula is C18H36N6O6. The summed E-state index contributed by atoms with van der Waals surface area (Å²) in [7, 11) is 0. The fraction of sp³-hybridized carbons (Fsp3) is 0.667. The third kappa shape index (κ3) is 44.3. The number of nitrogens with zero attached hydrogens (tertiary/aromatic N) is 3. The van der Waals surface area contributed by atoms with Gasteiger partial charge in [-0.2, -0.15) is 0 Å². The maximum atomic E-state index is 9.79. The number of hydrogen-bond donors (Lipinski definition) is 6. The van der Waals surface area contributed by atoms with E-state index in [9.17, 15) is 14.4 Å². The van der Waals surface area contributed by atoms with Crippen LogP contribution in [0.4, 0.5) is 14.4 Å². The normalized spacial score (nSPS) is 9.10. The number of hydrogen-bond acceptors (Lipinski definition) is 6.